The molecule has 0 bridgehead atoms. The normalized spacial score (nSPS) is 18.3. The molecule has 1 amide bonds. The molecular formula is C12H21N5OS. The molecule has 6 nitrogen and oxygen atoms in total. The molecule has 1 aliphatic rings. The van der Waals surface area contributed by atoms with E-state index in [0.717, 1.165) is 12.8 Å². The quantitative estimate of drug-likeness (QED) is 0.783. The van der Waals surface area contributed by atoms with E-state index in [1.807, 2.05) is 18.9 Å². The average Bonchev–Trinajstić information content (AvgIpc) is 2.83. The zero-order chi connectivity index (χ0) is 13.8. The Morgan fingerprint density at radius 1 is 1.42 bits per heavy atom. The van der Waals surface area contributed by atoms with E-state index in [1.165, 1.54) is 31.0 Å². The minimum absolute atomic E-state index is 0.156. The minimum atomic E-state index is -0.156. The van der Waals surface area contributed by atoms with Gasteiger partial charge < -0.3 is 4.90 Å². The maximum Gasteiger partial charge on any atom is 0.235 e. The molecule has 1 heterocycles. The van der Waals surface area contributed by atoms with E-state index in [9.17, 15) is 4.79 Å². The summed E-state index contributed by atoms with van der Waals surface area (Å²) < 4.78 is 1.59. The van der Waals surface area contributed by atoms with Gasteiger partial charge in [-0.3, -0.25) is 4.79 Å². The molecule has 0 spiro atoms. The molecule has 19 heavy (non-hydrogen) atoms. The summed E-state index contributed by atoms with van der Waals surface area (Å²) in [6.45, 7) is 1.92. The minimum Gasteiger partial charge on any atom is -0.342 e. The fourth-order valence-corrected chi connectivity index (χ4v) is 3.32. The van der Waals surface area contributed by atoms with Gasteiger partial charge in [0, 0.05) is 20.1 Å². The van der Waals surface area contributed by atoms with Gasteiger partial charge in [-0.15, -0.1) is 5.10 Å². The van der Waals surface area contributed by atoms with Crippen LogP contribution >= 0.6 is 11.8 Å². The molecular weight excluding hydrogens is 262 g/mol. The lowest BCUT2D eigenvalue weighted by Gasteiger charge is -2.32. The van der Waals surface area contributed by atoms with Crippen molar-refractivity contribution in [2.24, 2.45) is 7.05 Å². The van der Waals surface area contributed by atoms with Crippen LogP contribution in [0.3, 0.4) is 0 Å². The number of aromatic nitrogens is 4. The smallest absolute Gasteiger partial charge is 0.235 e. The zero-order valence-corrected chi connectivity index (χ0v) is 12.6. The van der Waals surface area contributed by atoms with E-state index in [1.54, 1.807) is 11.7 Å². The van der Waals surface area contributed by atoms with Crippen LogP contribution in [0.15, 0.2) is 5.16 Å². The van der Waals surface area contributed by atoms with Crippen molar-refractivity contribution in [3.8, 4) is 0 Å². The lowest BCUT2D eigenvalue weighted by atomic mass is 9.94. The van der Waals surface area contributed by atoms with Gasteiger partial charge in [0.2, 0.25) is 11.1 Å². The number of carbonyl (C=O) groups is 1. The van der Waals surface area contributed by atoms with Gasteiger partial charge in [0.1, 0.15) is 0 Å². The van der Waals surface area contributed by atoms with Crippen molar-refractivity contribution in [1.29, 1.82) is 0 Å². The largest absolute Gasteiger partial charge is 0.342 e. The Labute approximate surface area is 117 Å². The molecule has 0 saturated heterocycles. The summed E-state index contributed by atoms with van der Waals surface area (Å²) in [5, 5.41) is 11.8. The van der Waals surface area contributed by atoms with Gasteiger partial charge in [-0.1, -0.05) is 31.0 Å². The molecule has 1 aromatic rings. The van der Waals surface area contributed by atoms with Crippen LogP contribution in [-0.2, 0) is 11.8 Å². The Morgan fingerprint density at radius 3 is 2.68 bits per heavy atom. The Hall–Kier alpha value is -1.11. The number of amides is 1. The summed E-state index contributed by atoms with van der Waals surface area (Å²) >= 11 is 1.41. The van der Waals surface area contributed by atoms with Crippen molar-refractivity contribution >= 4 is 17.7 Å². The van der Waals surface area contributed by atoms with Crippen LogP contribution in [0.25, 0.3) is 0 Å². The van der Waals surface area contributed by atoms with E-state index in [0.29, 0.717) is 11.2 Å². The Morgan fingerprint density at radius 2 is 2.11 bits per heavy atom. The van der Waals surface area contributed by atoms with Gasteiger partial charge >= 0.3 is 0 Å². The number of hydrogen-bond donors (Lipinski definition) is 0. The van der Waals surface area contributed by atoms with E-state index < -0.39 is 0 Å². The van der Waals surface area contributed by atoms with Gasteiger partial charge in [0.25, 0.3) is 0 Å². The summed E-state index contributed by atoms with van der Waals surface area (Å²) in [6, 6.07) is 0.405. The Balaban J connectivity index is 1.92. The highest BCUT2D eigenvalue weighted by Crippen LogP contribution is 2.25. The van der Waals surface area contributed by atoms with Crippen molar-refractivity contribution in [3.63, 3.8) is 0 Å². The van der Waals surface area contributed by atoms with Crippen LogP contribution in [0, 0.1) is 0 Å². The maximum absolute atomic E-state index is 12.4. The van der Waals surface area contributed by atoms with Gasteiger partial charge in [-0.2, -0.15) is 0 Å². The standard InChI is InChI=1S/C12H21N5OS/c1-9(19-12-13-14-15-17(12)3)11(18)16(2)10-7-5-4-6-8-10/h9-10H,4-8H2,1-3H3/t9-/m1/s1. The van der Waals surface area contributed by atoms with Gasteiger partial charge in [-0.05, 0) is 30.2 Å². The highest BCUT2D eigenvalue weighted by atomic mass is 32.2. The van der Waals surface area contributed by atoms with Crippen molar-refractivity contribution < 1.29 is 4.79 Å². The molecule has 1 atom stereocenters. The summed E-state index contributed by atoms with van der Waals surface area (Å²) in [7, 11) is 3.70. The second-order valence-electron chi connectivity index (χ2n) is 5.09. The molecule has 1 saturated carbocycles. The molecule has 0 unspecified atom stereocenters. The maximum atomic E-state index is 12.4. The average molecular weight is 283 g/mol. The second-order valence-corrected chi connectivity index (χ2v) is 6.39. The number of nitrogens with zero attached hydrogens (tertiary/aromatic N) is 5. The number of hydrogen-bond acceptors (Lipinski definition) is 5. The first-order valence-corrected chi connectivity index (χ1v) is 7.63. The predicted octanol–water partition coefficient (Wildman–Crippen LogP) is 1.48. The zero-order valence-electron chi connectivity index (χ0n) is 11.7. The summed E-state index contributed by atoms with van der Waals surface area (Å²) in [6.07, 6.45) is 6.03. The van der Waals surface area contributed by atoms with Crippen LogP contribution < -0.4 is 0 Å². The summed E-state index contributed by atoms with van der Waals surface area (Å²) in [4.78, 5) is 14.3. The molecule has 0 N–H and O–H groups in total. The summed E-state index contributed by atoms with van der Waals surface area (Å²) in [5.74, 6) is 0.167. The van der Waals surface area contributed by atoms with Crippen molar-refractivity contribution in [1.82, 2.24) is 25.1 Å². The van der Waals surface area contributed by atoms with E-state index in [2.05, 4.69) is 15.5 Å². The molecule has 1 aliphatic carbocycles. The van der Waals surface area contributed by atoms with Crippen LogP contribution in [-0.4, -0.2) is 49.4 Å². The molecule has 1 aromatic heterocycles. The molecule has 1 fully saturated rings. The van der Waals surface area contributed by atoms with Crippen LogP contribution in [0.1, 0.15) is 39.0 Å². The first kappa shape index (κ1) is 14.3. The molecule has 0 aliphatic heterocycles. The highest BCUT2D eigenvalue weighted by Gasteiger charge is 2.27. The fourth-order valence-electron chi connectivity index (χ4n) is 2.46. The lowest BCUT2D eigenvalue weighted by molar-refractivity contribution is -0.131. The predicted molar refractivity (Wildman–Crippen MR) is 73.8 cm³/mol. The number of tetrazole rings is 1. The first-order valence-electron chi connectivity index (χ1n) is 6.75. The number of carbonyl (C=O) groups excluding carboxylic acids is 1. The summed E-state index contributed by atoms with van der Waals surface area (Å²) in [5.41, 5.74) is 0. The van der Waals surface area contributed by atoms with Crippen LogP contribution in [0.4, 0.5) is 0 Å². The second kappa shape index (κ2) is 6.36. The third kappa shape index (κ3) is 3.46. The van der Waals surface area contributed by atoms with Gasteiger partial charge in [0.05, 0.1) is 5.25 Å². The van der Waals surface area contributed by atoms with Gasteiger partial charge in [-0.25, -0.2) is 4.68 Å². The number of aryl methyl sites for hydroxylation is 1. The number of thioether (sulfide) groups is 1. The molecule has 7 heteroatoms. The van der Waals surface area contributed by atoms with E-state index >= 15 is 0 Å². The number of rotatable bonds is 4. The van der Waals surface area contributed by atoms with Crippen LogP contribution in [0.5, 0.6) is 0 Å². The van der Waals surface area contributed by atoms with Crippen molar-refractivity contribution in [2.45, 2.75) is 55.5 Å². The third-order valence-electron chi connectivity index (χ3n) is 3.68. The topological polar surface area (TPSA) is 63.9 Å². The molecule has 0 radical (unpaired) electrons. The fraction of sp³-hybridized carbons (Fsp3) is 0.833. The lowest BCUT2D eigenvalue weighted by Crippen LogP contribution is -2.42. The molecule has 2 rings (SSSR count). The Kier molecular flexibility index (Phi) is 4.79. The SMILES string of the molecule is C[C@@H](Sc1nnnn1C)C(=O)N(C)C1CCCCC1. The van der Waals surface area contributed by atoms with E-state index in [-0.39, 0.29) is 11.2 Å². The van der Waals surface area contributed by atoms with Crippen LogP contribution in [0.2, 0.25) is 0 Å². The van der Waals surface area contributed by atoms with Crippen molar-refractivity contribution in [3.05, 3.63) is 0 Å². The Bertz CT molecular complexity index is 430. The first-order chi connectivity index (χ1) is 9.09. The highest BCUT2D eigenvalue weighted by molar-refractivity contribution is 8.00. The van der Waals surface area contributed by atoms with Gasteiger partial charge in [0.15, 0.2) is 0 Å². The monoisotopic (exact) mass is 283 g/mol. The molecule has 106 valence electrons. The van der Waals surface area contributed by atoms with Crippen molar-refractivity contribution in [2.75, 3.05) is 7.05 Å². The molecule has 0 aromatic carbocycles. The van der Waals surface area contributed by atoms with E-state index in [4.69, 9.17) is 0 Å². The third-order valence-corrected chi connectivity index (χ3v) is 4.79.